The minimum Gasteiger partial charge on any atom is -0.466 e. The number of carbonyl (C=O) groups excluding carboxylic acids is 1. The van der Waals surface area contributed by atoms with Crippen molar-refractivity contribution in [3.05, 3.63) is 23.5 Å². The Balaban J connectivity index is 1.99. The molecule has 0 unspecified atom stereocenters. The molecule has 0 fully saturated rings. The van der Waals surface area contributed by atoms with Crippen molar-refractivity contribution in [2.24, 2.45) is 0 Å². The van der Waals surface area contributed by atoms with Crippen molar-refractivity contribution in [3.8, 4) is 11.5 Å². The first-order valence-electron chi connectivity index (χ1n) is 6.02. The van der Waals surface area contributed by atoms with Crippen LogP contribution in [0.3, 0.4) is 0 Å². The Bertz CT molecular complexity index is 573. The molecule has 2 rings (SSSR count). The van der Waals surface area contributed by atoms with Gasteiger partial charge in [-0.15, -0.1) is 10.2 Å². The highest BCUT2D eigenvalue weighted by Gasteiger charge is 2.15. The monoisotopic (exact) mass is 265 g/mol. The van der Waals surface area contributed by atoms with Crippen LogP contribution in [0.5, 0.6) is 0 Å². The predicted molar refractivity (Wildman–Crippen MR) is 66.0 cm³/mol. The van der Waals surface area contributed by atoms with Crippen molar-refractivity contribution in [1.82, 2.24) is 15.5 Å². The maximum atomic E-state index is 11.1. The van der Waals surface area contributed by atoms with Crippen molar-refractivity contribution >= 4 is 5.91 Å². The lowest BCUT2D eigenvalue weighted by Gasteiger charge is -1.96. The number of carbonyl (C=O) groups is 1. The molecule has 0 bridgehead atoms. The van der Waals surface area contributed by atoms with E-state index in [9.17, 15) is 4.79 Å². The molecule has 7 heteroatoms. The van der Waals surface area contributed by atoms with E-state index in [0.717, 1.165) is 17.1 Å². The number of aryl methyl sites for hydroxylation is 2. The number of nitrogens with zero attached hydrogens (tertiary/aromatic N) is 2. The topological polar surface area (TPSA) is 97.8 Å². The van der Waals surface area contributed by atoms with Crippen molar-refractivity contribution in [2.75, 3.05) is 13.6 Å². The SMILES string of the molecule is CNC(=O)C[NH2+]Cc1nnc(-c2cc(C)oc2C)o1. The molecule has 0 saturated heterocycles. The molecular formula is C12H17N4O3+. The number of quaternary nitrogens is 1. The number of nitrogens with two attached hydrogens (primary N) is 1. The summed E-state index contributed by atoms with van der Waals surface area (Å²) in [6.07, 6.45) is 0. The molecular weight excluding hydrogens is 248 g/mol. The summed E-state index contributed by atoms with van der Waals surface area (Å²) < 4.78 is 11.0. The summed E-state index contributed by atoms with van der Waals surface area (Å²) in [5, 5.41) is 12.3. The van der Waals surface area contributed by atoms with Gasteiger partial charge in [0.1, 0.15) is 11.5 Å². The zero-order chi connectivity index (χ0) is 13.8. The molecule has 7 nitrogen and oxygen atoms in total. The van der Waals surface area contributed by atoms with Gasteiger partial charge in [0.15, 0.2) is 13.1 Å². The number of likely N-dealkylation sites (N-methyl/N-ethyl adjacent to an activating group) is 1. The average molecular weight is 265 g/mol. The summed E-state index contributed by atoms with van der Waals surface area (Å²) in [6.45, 7) is 4.52. The van der Waals surface area contributed by atoms with Crippen molar-refractivity contribution in [1.29, 1.82) is 0 Å². The molecule has 0 aliphatic heterocycles. The Labute approximate surface area is 110 Å². The molecule has 0 radical (unpaired) electrons. The Morgan fingerprint density at radius 1 is 1.37 bits per heavy atom. The highest BCUT2D eigenvalue weighted by Crippen LogP contribution is 2.24. The van der Waals surface area contributed by atoms with E-state index >= 15 is 0 Å². The average Bonchev–Trinajstić information content (AvgIpc) is 2.95. The van der Waals surface area contributed by atoms with Crippen LogP contribution in [0.4, 0.5) is 0 Å². The number of rotatable bonds is 5. The first-order valence-corrected chi connectivity index (χ1v) is 6.02. The second-order valence-corrected chi connectivity index (χ2v) is 4.20. The first-order chi connectivity index (χ1) is 9.10. The van der Waals surface area contributed by atoms with Crippen molar-refractivity contribution in [3.63, 3.8) is 0 Å². The van der Waals surface area contributed by atoms with Gasteiger partial charge in [-0.1, -0.05) is 0 Å². The number of amides is 1. The first kappa shape index (κ1) is 13.3. The lowest BCUT2D eigenvalue weighted by atomic mass is 10.2. The Hall–Kier alpha value is -2.15. The predicted octanol–water partition coefficient (Wildman–Crippen LogP) is -0.244. The molecule has 0 atom stereocenters. The molecule has 0 saturated carbocycles. The fourth-order valence-corrected chi connectivity index (χ4v) is 1.72. The van der Waals surface area contributed by atoms with Crippen LogP contribution in [0.2, 0.25) is 0 Å². The quantitative estimate of drug-likeness (QED) is 0.777. The van der Waals surface area contributed by atoms with E-state index < -0.39 is 0 Å². The minimum atomic E-state index is -0.0407. The number of nitrogens with one attached hydrogen (secondary N) is 1. The van der Waals surface area contributed by atoms with Crippen molar-refractivity contribution in [2.45, 2.75) is 20.4 Å². The Kier molecular flexibility index (Phi) is 3.96. The van der Waals surface area contributed by atoms with Gasteiger partial charge in [0.25, 0.3) is 17.7 Å². The minimum absolute atomic E-state index is 0.0407. The van der Waals surface area contributed by atoms with Gasteiger partial charge >= 0.3 is 0 Å². The second kappa shape index (κ2) is 5.66. The summed E-state index contributed by atoms with van der Waals surface area (Å²) in [7, 11) is 1.60. The van der Waals surface area contributed by atoms with Gasteiger partial charge in [-0.05, 0) is 19.9 Å². The third-order valence-electron chi connectivity index (χ3n) is 2.67. The second-order valence-electron chi connectivity index (χ2n) is 4.20. The maximum absolute atomic E-state index is 11.1. The van der Waals surface area contributed by atoms with Crippen molar-refractivity contribution < 1.29 is 18.9 Å². The van der Waals surface area contributed by atoms with Crippen LogP contribution in [0, 0.1) is 13.8 Å². The van der Waals surface area contributed by atoms with Crippen LogP contribution in [0.25, 0.3) is 11.5 Å². The van der Waals surface area contributed by atoms with Crippen LogP contribution in [0.1, 0.15) is 17.4 Å². The maximum Gasteiger partial charge on any atom is 0.274 e. The van der Waals surface area contributed by atoms with Gasteiger partial charge in [0.2, 0.25) is 0 Å². The standard InChI is InChI=1S/C12H16N4O3/c1-7-4-9(8(2)18-7)12-16-15-11(19-12)6-14-5-10(17)13-3/h4,14H,5-6H2,1-3H3,(H,13,17)/p+1. The van der Waals surface area contributed by atoms with Gasteiger partial charge in [-0.3, -0.25) is 4.79 Å². The lowest BCUT2D eigenvalue weighted by molar-refractivity contribution is -0.662. The largest absolute Gasteiger partial charge is 0.466 e. The molecule has 1 amide bonds. The van der Waals surface area contributed by atoms with Crippen LogP contribution in [-0.4, -0.2) is 29.7 Å². The summed E-state index contributed by atoms with van der Waals surface area (Å²) >= 11 is 0. The summed E-state index contributed by atoms with van der Waals surface area (Å²) in [5.74, 6) is 2.44. The molecule has 19 heavy (non-hydrogen) atoms. The van der Waals surface area contributed by atoms with Gasteiger partial charge in [0.05, 0.1) is 5.56 Å². The molecule has 0 aliphatic carbocycles. The van der Waals surface area contributed by atoms with Gasteiger partial charge in [-0.2, -0.15) is 0 Å². The molecule has 2 aromatic rings. The molecule has 2 aromatic heterocycles. The Morgan fingerprint density at radius 3 is 2.79 bits per heavy atom. The number of hydrogen-bond acceptors (Lipinski definition) is 5. The molecule has 0 aliphatic rings. The van der Waals surface area contributed by atoms with E-state index in [2.05, 4.69) is 15.5 Å². The fourth-order valence-electron chi connectivity index (χ4n) is 1.72. The van der Waals surface area contributed by atoms with Crippen LogP contribution < -0.4 is 10.6 Å². The molecule has 0 spiro atoms. The van der Waals surface area contributed by atoms with E-state index in [1.54, 1.807) is 12.4 Å². The van der Waals surface area contributed by atoms with Crippen LogP contribution in [-0.2, 0) is 11.3 Å². The van der Waals surface area contributed by atoms with E-state index in [4.69, 9.17) is 8.83 Å². The smallest absolute Gasteiger partial charge is 0.274 e. The highest BCUT2D eigenvalue weighted by molar-refractivity contribution is 5.76. The zero-order valence-corrected chi connectivity index (χ0v) is 11.2. The molecule has 0 aromatic carbocycles. The zero-order valence-electron chi connectivity index (χ0n) is 11.2. The van der Waals surface area contributed by atoms with Gasteiger partial charge < -0.3 is 19.5 Å². The lowest BCUT2D eigenvalue weighted by Crippen LogP contribution is -2.85. The number of furan rings is 1. The number of hydrogen-bond donors (Lipinski definition) is 2. The third-order valence-corrected chi connectivity index (χ3v) is 2.67. The summed E-state index contributed by atoms with van der Waals surface area (Å²) in [4.78, 5) is 11.1. The normalized spacial score (nSPS) is 10.7. The van der Waals surface area contributed by atoms with E-state index in [1.807, 2.05) is 19.9 Å². The fraction of sp³-hybridized carbons (Fsp3) is 0.417. The molecule has 3 N–H and O–H groups in total. The number of aromatic nitrogens is 2. The van der Waals surface area contributed by atoms with E-state index in [1.165, 1.54) is 0 Å². The van der Waals surface area contributed by atoms with E-state index in [-0.39, 0.29) is 5.91 Å². The highest BCUT2D eigenvalue weighted by atomic mass is 16.4. The van der Waals surface area contributed by atoms with Crippen LogP contribution in [0.15, 0.2) is 14.9 Å². The Morgan fingerprint density at radius 2 is 2.16 bits per heavy atom. The third kappa shape index (κ3) is 3.19. The van der Waals surface area contributed by atoms with Gasteiger partial charge in [0, 0.05) is 7.05 Å². The molecule has 102 valence electrons. The van der Waals surface area contributed by atoms with Gasteiger partial charge in [-0.25, -0.2) is 0 Å². The van der Waals surface area contributed by atoms with E-state index in [0.29, 0.717) is 24.9 Å². The summed E-state index contributed by atoms with van der Waals surface area (Å²) in [5.41, 5.74) is 0.808. The summed E-state index contributed by atoms with van der Waals surface area (Å²) in [6, 6.07) is 1.86. The molecule has 2 heterocycles. The van der Waals surface area contributed by atoms with Crippen LogP contribution >= 0.6 is 0 Å².